The van der Waals surface area contributed by atoms with Crippen LogP contribution >= 0.6 is 18.9 Å². The number of amides is 3. The number of nitrogens with zero attached hydrogens (tertiary/aromatic N) is 3. The van der Waals surface area contributed by atoms with Gasteiger partial charge in [-0.15, -0.1) is 11.3 Å². The van der Waals surface area contributed by atoms with E-state index in [9.17, 15) is 23.7 Å². The van der Waals surface area contributed by atoms with Crippen molar-refractivity contribution in [2.45, 2.75) is 113 Å². The number of carbonyl (C=O) groups excluding carboxylic acids is 4. The maximum Gasteiger partial charge on any atom is 0.355 e. The summed E-state index contributed by atoms with van der Waals surface area (Å²) in [6, 6.07) is 15.9. The zero-order chi connectivity index (χ0) is 43.2. The van der Waals surface area contributed by atoms with Crippen molar-refractivity contribution in [1.29, 1.82) is 0 Å². The lowest BCUT2D eigenvalue weighted by atomic mass is 9.90. The Kier molecular flexibility index (Phi) is 11.8. The second-order valence-corrected chi connectivity index (χ2v) is 21.3. The number of likely N-dealkylation sites (tertiary alicyclic amines) is 1. The molecule has 62 heavy (non-hydrogen) atoms. The van der Waals surface area contributed by atoms with Gasteiger partial charge in [-0.25, -0.2) is 9.48 Å². The highest BCUT2D eigenvalue weighted by molar-refractivity contribution is 7.57. The smallest absolute Gasteiger partial charge is 0.355 e. The average Bonchev–Trinajstić information content (AvgIpc) is 3.54. The molecule has 1 unspecified atom stereocenters. The van der Waals surface area contributed by atoms with E-state index in [1.54, 1.807) is 53.6 Å². The molecule has 1 aliphatic carbocycles. The van der Waals surface area contributed by atoms with Crippen LogP contribution in [-0.2, 0) is 28.4 Å². The highest BCUT2D eigenvalue weighted by Crippen LogP contribution is 2.58. The number of hydrogen-bond acceptors (Lipinski definition) is 10. The summed E-state index contributed by atoms with van der Waals surface area (Å²) in [5.74, 6) is -3.19. The van der Waals surface area contributed by atoms with Gasteiger partial charge in [0.15, 0.2) is 0 Å². The van der Waals surface area contributed by atoms with E-state index in [2.05, 4.69) is 26.4 Å². The third-order valence-corrected chi connectivity index (χ3v) is 16.5. The predicted molar refractivity (Wildman–Crippen MR) is 231 cm³/mol. The number of carbonyl (C=O) groups is 4. The first-order valence-electron chi connectivity index (χ1n) is 21.7. The lowest BCUT2D eigenvalue weighted by molar-refractivity contribution is -0.166. The van der Waals surface area contributed by atoms with Gasteiger partial charge in [0, 0.05) is 46.6 Å². The number of ether oxygens (including phenoxy) is 2. The van der Waals surface area contributed by atoms with Crippen molar-refractivity contribution in [3.8, 4) is 5.75 Å². The Hall–Kier alpha value is -4.69. The van der Waals surface area contributed by atoms with E-state index in [-0.39, 0.29) is 52.6 Å². The molecule has 0 radical (unpaired) electrons. The molecule has 0 bridgehead atoms. The molecule has 328 valence electrons. The van der Waals surface area contributed by atoms with Crippen molar-refractivity contribution in [2.75, 3.05) is 26.4 Å². The summed E-state index contributed by atoms with van der Waals surface area (Å²) in [5.41, 5.74) is 0.695. The monoisotopic (exact) mass is 885 g/mol. The molecule has 16 heteroatoms. The number of rotatable bonds is 13. The van der Waals surface area contributed by atoms with Crippen LogP contribution in [0.3, 0.4) is 0 Å². The third kappa shape index (κ3) is 8.53. The van der Waals surface area contributed by atoms with E-state index in [1.165, 1.54) is 30.4 Å². The Morgan fingerprint density at radius 2 is 1.82 bits per heavy atom. The van der Waals surface area contributed by atoms with Gasteiger partial charge < -0.3 is 29.1 Å². The standard InChI is InChI=1S/C46H53FN5O8PS/c1-29(44(56)59-28-45(2)26-58-27-45)50-61(57,60-35-11-4-3-5-12-35)40(47)30-14-17-38-32(21-30)22-39(62-38)41(53)49-36-13-7-6-10-34-15-16-37(52(34)42(36)54)43(55)51-25-33(23-46(51)18-19-46)31-9-8-20-48-24-31/h3-5,8-9,11-12,14,17,20-22,24,29,33-34,36-37,40H,6-7,10,13,15-16,18-19,23,25-28H2,1-2H3,(H,49,53)(H,50,57)/t29-,33-,34-,36-,37-,40+,61?/m0/s1. The van der Waals surface area contributed by atoms with E-state index in [4.69, 9.17) is 14.0 Å². The van der Waals surface area contributed by atoms with Crippen molar-refractivity contribution >= 4 is 52.6 Å². The molecule has 7 atom stereocenters. The van der Waals surface area contributed by atoms with Gasteiger partial charge in [-0.1, -0.05) is 50.1 Å². The van der Waals surface area contributed by atoms with Crippen molar-refractivity contribution in [3.63, 3.8) is 0 Å². The van der Waals surface area contributed by atoms with Gasteiger partial charge in [0.2, 0.25) is 17.7 Å². The summed E-state index contributed by atoms with van der Waals surface area (Å²) >= 11 is 1.20. The van der Waals surface area contributed by atoms with Gasteiger partial charge in [-0.05, 0) is 105 Å². The lowest BCUT2D eigenvalue weighted by Gasteiger charge is -2.37. The predicted octanol–water partition coefficient (Wildman–Crippen LogP) is 7.68. The lowest BCUT2D eigenvalue weighted by Crippen LogP contribution is -2.57. The van der Waals surface area contributed by atoms with Crippen molar-refractivity contribution in [1.82, 2.24) is 25.2 Å². The van der Waals surface area contributed by atoms with E-state index >= 15 is 4.39 Å². The summed E-state index contributed by atoms with van der Waals surface area (Å²) < 4.78 is 48.4. The summed E-state index contributed by atoms with van der Waals surface area (Å²) in [6.45, 7) is 4.99. The Morgan fingerprint density at radius 1 is 1.03 bits per heavy atom. The van der Waals surface area contributed by atoms with Crippen LogP contribution in [0.2, 0.25) is 0 Å². The molecule has 5 fully saturated rings. The van der Waals surface area contributed by atoms with Gasteiger partial charge in [0.05, 0.1) is 18.1 Å². The highest BCUT2D eigenvalue weighted by Gasteiger charge is 2.58. The van der Waals surface area contributed by atoms with Crippen molar-refractivity contribution in [3.05, 3.63) is 95.1 Å². The number of benzene rings is 2. The first-order chi connectivity index (χ1) is 29.8. The number of nitrogens with one attached hydrogen (secondary N) is 2. The van der Waals surface area contributed by atoms with Crippen molar-refractivity contribution < 1.29 is 42.1 Å². The molecule has 1 saturated carbocycles. The van der Waals surface area contributed by atoms with Gasteiger partial charge in [0.25, 0.3) is 5.91 Å². The quantitative estimate of drug-likeness (QED) is 0.101. The van der Waals surface area contributed by atoms with Crippen LogP contribution in [0.4, 0.5) is 4.39 Å². The fourth-order valence-electron chi connectivity index (χ4n) is 9.67. The SMILES string of the molecule is C[C@H](NP(=O)(Oc1ccccc1)[C@@H](F)c1ccc2sc(C(=O)N[C@H]3CCCC[C@H]4CC[C@@H](C(=O)N5C[C@@H](c6cccnc6)CC56CC6)N4C3=O)cc2c1)C(=O)OCC1(C)COC1. The molecular formula is C46H53FN5O8PS. The Balaban J connectivity index is 0.897. The first kappa shape index (κ1) is 42.6. The minimum atomic E-state index is -4.49. The van der Waals surface area contributed by atoms with Gasteiger partial charge in [-0.2, -0.15) is 0 Å². The summed E-state index contributed by atoms with van der Waals surface area (Å²) in [4.78, 5) is 64.4. The molecule has 4 aliphatic heterocycles. The topological polar surface area (TPSA) is 156 Å². The minimum absolute atomic E-state index is 0.0130. The number of para-hydroxylation sites is 1. The number of fused-ring (bicyclic) bond motifs is 2. The highest BCUT2D eigenvalue weighted by atomic mass is 32.1. The van der Waals surface area contributed by atoms with Crippen LogP contribution in [0.1, 0.15) is 104 Å². The zero-order valence-corrected chi connectivity index (χ0v) is 36.7. The van der Waals surface area contributed by atoms with E-state index in [1.807, 2.05) is 19.2 Å². The summed E-state index contributed by atoms with van der Waals surface area (Å²) in [6.07, 6.45) is 10.8. The van der Waals surface area contributed by atoms with Gasteiger partial charge >= 0.3 is 13.5 Å². The van der Waals surface area contributed by atoms with Crippen LogP contribution in [0.15, 0.2) is 79.1 Å². The van der Waals surface area contributed by atoms with Crippen LogP contribution in [0, 0.1) is 5.41 Å². The molecule has 4 saturated heterocycles. The van der Waals surface area contributed by atoms with E-state index in [0.717, 1.165) is 50.5 Å². The average molecular weight is 886 g/mol. The fourth-order valence-corrected chi connectivity index (χ4v) is 12.5. The minimum Gasteiger partial charge on any atom is -0.464 e. The maximum absolute atomic E-state index is 16.7. The van der Waals surface area contributed by atoms with Crippen LogP contribution < -0.4 is 14.9 Å². The fraction of sp³-hybridized carbons (Fsp3) is 0.500. The second-order valence-electron chi connectivity index (χ2n) is 18.2. The molecule has 3 amide bonds. The molecule has 2 aromatic carbocycles. The number of aromatic nitrogens is 1. The van der Waals surface area contributed by atoms with Crippen molar-refractivity contribution in [2.24, 2.45) is 5.41 Å². The molecule has 13 nitrogen and oxygen atoms in total. The molecular weight excluding hydrogens is 833 g/mol. The number of thiophene rings is 1. The number of alkyl halides is 1. The molecule has 5 aliphatic rings. The first-order valence-corrected chi connectivity index (χ1v) is 24.2. The van der Waals surface area contributed by atoms with Crippen LogP contribution in [0.5, 0.6) is 5.75 Å². The largest absolute Gasteiger partial charge is 0.464 e. The number of halogens is 1. The van der Waals surface area contributed by atoms with Gasteiger partial charge in [0.1, 0.15) is 30.5 Å². The molecule has 6 heterocycles. The normalized spacial score (nSPS) is 25.8. The maximum atomic E-state index is 16.7. The Labute approximate surface area is 364 Å². The number of esters is 1. The summed E-state index contributed by atoms with van der Waals surface area (Å²) in [5, 5.41) is 6.17. The molecule has 2 N–H and O–H groups in total. The molecule has 4 aromatic rings. The number of pyridine rings is 1. The molecule has 1 spiro atoms. The summed E-state index contributed by atoms with van der Waals surface area (Å²) in [7, 11) is -4.49. The Bertz CT molecular complexity index is 2380. The molecule has 9 rings (SSSR count). The van der Waals surface area contributed by atoms with Crippen LogP contribution in [-0.4, -0.2) is 94.5 Å². The second kappa shape index (κ2) is 17.1. The van der Waals surface area contributed by atoms with E-state index in [0.29, 0.717) is 47.6 Å². The number of hydrogen-bond donors (Lipinski definition) is 2. The van der Waals surface area contributed by atoms with E-state index < -0.39 is 43.4 Å². The van der Waals surface area contributed by atoms with Gasteiger partial charge in [-0.3, -0.25) is 28.7 Å². The molecule has 2 aromatic heterocycles. The third-order valence-electron chi connectivity index (χ3n) is 13.3. The van der Waals surface area contributed by atoms with Crippen LogP contribution in [0.25, 0.3) is 10.1 Å². The zero-order valence-electron chi connectivity index (χ0n) is 35.0. The Morgan fingerprint density at radius 3 is 2.55 bits per heavy atom.